The molecule has 0 aliphatic carbocycles. The molecule has 0 saturated carbocycles. The number of aromatic nitrogens is 2. The van der Waals surface area contributed by atoms with Crippen molar-refractivity contribution < 1.29 is 4.39 Å². The van der Waals surface area contributed by atoms with E-state index in [0.717, 1.165) is 0 Å². The van der Waals surface area contributed by atoms with E-state index in [9.17, 15) is 4.39 Å². The summed E-state index contributed by atoms with van der Waals surface area (Å²) in [6.45, 7) is 0.294. The van der Waals surface area contributed by atoms with E-state index in [1.165, 1.54) is 18.3 Å². The van der Waals surface area contributed by atoms with E-state index in [1.807, 2.05) is 0 Å². The van der Waals surface area contributed by atoms with Crippen LogP contribution in [0.25, 0.3) is 11.3 Å². The summed E-state index contributed by atoms with van der Waals surface area (Å²) in [5, 5.41) is 0.482. The van der Waals surface area contributed by atoms with Gasteiger partial charge in [-0.2, -0.15) is 0 Å². The van der Waals surface area contributed by atoms with Gasteiger partial charge in [0.1, 0.15) is 11.6 Å². The number of nitrogens with zero attached hydrogens (tertiary/aromatic N) is 1. The van der Waals surface area contributed by atoms with Crippen LogP contribution in [0.3, 0.4) is 0 Å². The number of benzene rings is 1. The molecule has 0 fully saturated rings. The number of hydrogen-bond acceptors (Lipinski definition) is 2. The number of nitrogens with two attached hydrogens (primary N) is 1. The first-order valence-corrected chi connectivity index (χ1v) is 4.78. The normalized spacial score (nSPS) is 10.6. The lowest BCUT2D eigenvalue weighted by atomic mass is 10.1. The van der Waals surface area contributed by atoms with Crippen LogP contribution in [0, 0.1) is 5.82 Å². The molecule has 2 rings (SSSR count). The Labute approximate surface area is 91.1 Å². The zero-order chi connectivity index (χ0) is 10.8. The van der Waals surface area contributed by atoms with Crippen LogP contribution in [0.15, 0.2) is 24.4 Å². The summed E-state index contributed by atoms with van der Waals surface area (Å²) in [5.74, 6) is 0.274. The topological polar surface area (TPSA) is 54.7 Å². The zero-order valence-electron chi connectivity index (χ0n) is 7.80. The van der Waals surface area contributed by atoms with Gasteiger partial charge in [0.25, 0.3) is 0 Å². The number of imidazole rings is 1. The predicted octanol–water partition coefficient (Wildman–Crippen LogP) is 2.33. The highest BCUT2D eigenvalue weighted by atomic mass is 35.5. The molecular weight excluding hydrogens is 217 g/mol. The van der Waals surface area contributed by atoms with Crippen LogP contribution in [-0.4, -0.2) is 9.97 Å². The summed E-state index contributed by atoms with van der Waals surface area (Å²) in [4.78, 5) is 6.90. The predicted molar refractivity (Wildman–Crippen MR) is 56.9 cm³/mol. The molecule has 0 atom stereocenters. The van der Waals surface area contributed by atoms with Crippen LogP contribution in [0.4, 0.5) is 4.39 Å². The zero-order valence-corrected chi connectivity index (χ0v) is 8.55. The molecule has 78 valence electrons. The molecule has 2 aromatic rings. The number of aromatic amines is 1. The number of nitrogens with one attached hydrogen (secondary N) is 1. The molecule has 1 heterocycles. The number of rotatable bonds is 2. The van der Waals surface area contributed by atoms with Crippen LogP contribution in [-0.2, 0) is 6.54 Å². The van der Waals surface area contributed by atoms with Gasteiger partial charge in [-0.25, -0.2) is 9.37 Å². The largest absolute Gasteiger partial charge is 0.341 e. The molecule has 0 bridgehead atoms. The molecule has 0 aliphatic heterocycles. The molecule has 3 nitrogen and oxygen atoms in total. The van der Waals surface area contributed by atoms with Crippen molar-refractivity contribution in [3.05, 3.63) is 41.1 Å². The molecule has 15 heavy (non-hydrogen) atoms. The first-order chi connectivity index (χ1) is 7.20. The van der Waals surface area contributed by atoms with E-state index in [4.69, 9.17) is 17.3 Å². The van der Waals surface area contributed by atoms with E-state index < -0.39 is 0 Å². The van der Waals surface area contributed by atoms with Gasteiger partial charge >= 0.3 is 0 Å². The average molecular weight is 226 g/mol. The molecule has 1 aromatic carbocycles. The second-order valence-corrected chi connectivity index (χ2v) is 3.51. The lowest BCUT2D eigenvalue weighted by molar-refractivity contribution is 0.631. The highest BCUT2D eigenvalue weighted by Crippen LogP contribution is 2.24. The molecule has 1 aromatic heterocycles. The Bertz CT molecular complexity index is 481. The van der Waals surface area contributed by atoms with Crippen molar-refractivity contribution >= 4 is 11.6 Å². The Morgan fingerprint density at radius 2 is 2.27 bits per heavy atom. The van der Waals surface area contributed by atoms with Gasteiger partial charge < -0.3 is 10.7 Å². The van der Waals surface area contributed by atoms with Crippen LogP contribution >= 0.6 is 11.6 Å². The van der Waals surface area contributed by atoms with E-state index in [-0.39, 0.29) is 5.82 Å². The fraction of sp³-hybridized carbons (Fsp3) is 0.100. The summed E-state index contributed by atoms with van der Waals surface area (Å²) in [5.41, 5.74) is 6.37. The van der Waals surface area contributed by atoms with E-state index >= 15 is 0 Å². The molecular formula is C10H9ClFN3. The van der Waals surface area contributed by atoms with Gasteiger partial charge in [-0.1, -0.05) is 11.6 Å². The minimum Gasteiger partial charge on any atom is -0.341 e. The van der Waals surface area contributed by atoms with Crippen LogP contribution in [0.5, 0.6) is 0 Å². The second-order valence-electron chi connectivity index (χ2n) is 3.07. The molecule has 0 unspecified atom stereocenters. The van der Waals surface area contributed by atoms with E-state index in [0.29, 0.717) is 28.6 Å². The first kappa shape index (κ1) is 10.1. The van der Waals surface area contributed by atoms with Crippen LogP contribution in [0.1, 0.15) is 5.82 Å². The fourth-order valence-electron chi connectivity index (χ4n) is 1.31. The molecule has 0 spiro atoms. The van der Waals surface area contributed by atoms with Crippen LogP contribution in [0.2, 0.25) is 5.02 Å². The van der Waals surface area contributed by atoms with Crippen molar-refractivity contribution in [3.63, 3.8) is 0 Å². The molecule has 5 heteroatoms. The Balaban J connectivity index is 2.48. The van der Waals surface area contributed by atoms with Crippen molar-refractivity contribution in [1.29, 1.82) is 0 Å². The Morgan fingerprint density at radius 1 is 1.47 bits per heavy atom. The number of halogens is 2. The Kier molecular flexibility index (Phi) is 2.70. The highest BCUT2D eigenvalue weighted by Gasteiger charge is 2.08. The molecule has 0 aliphatic rings. The van der Waals surface area contributed by atoms with Gasteiger partial charge in [-0.15, -0.1) is 0 Å². The maximum atomic E-state index is 13.4. The van der Waals surface area contributed by atoms with Gasteiger partial charge in [-0.05, 0) is 18.2 Å². The molecule has 0 saturated heterocycles. The lowest BCUT2D eigenvalue weighted by Crippen LogP contribution is -1.97. The fourth-order valence-corrected chi connectivity index (χ4v) is 1.48. The van der Waals surface area contributed by atoms with Gasteiger partial charge in [-0.3, -0.25) is 0 Å². The summed E-state index contributed by atoms with van der Waals surface area (Å²) >= 11 is 5.78. The molecule has 0 amide bonds. The smallest absolute Gasteiger partial charge is 0.132 e. The third-order valence-electron chi connectivity index (χ3n) is 2.04. The maximum Gasteiger partial charge on any atom is 0.132 e. The first-order valence-electron chi connectivity index (χ1n) is 4.40. The standard InChI is InChI=1S/C10H9ClFN3/c11-6-1-2-8(12)7(3-6)9-5-14-10(4-13)15-9/h1-3,5H,4,13H2,(H,14,15). The third-order valence-corrected chi connectivity index (χ3v) is 2.28. The number of hydrogen-bond donors (Lipinski definition) is 2. The van der Waals surface area contributed by atoms with Crippen molar-refractivity contribution in [2.24, 2.45) is 5.73 Å². The average Bonchev–Trinajstić information content (AvgIpc) is 2.70. The molecule has 0 radical (unpaired) electrons. The van der Waals surface area contributed by atoms with Crippen LogP contribution < -0.4 is 5.73 Å². The number of H-pyrrole nitrogens is 1. The van der Waals surface area contributed by atoms with Crippen molar-refractivity contribution in [1.82, 2.24) is 9.97 Å². The van der Waals surface area contributed by atoms with Gasteiger partial charge in [0, 0.05) is 10.6 Å². The summed E-state index contributed by atoms with van der Waals surface area (Å²) in [6, 6.07) is 4.37. The summed E-state index contributed by atoms with van der Waals surface area (Å²) in [7, 11) is 0. The van der Waals surface area contributed by atoms with Gasteiger partial charge in [0.15, 0.2) is 0 Å². The Morgan fingerprint density at radius 3 is 2.93 bits per heavy atom. The van der Waals surface area contributed by atoms with Crippen molar-refractivity contribution in [2.75, 3.05) is 0 Å². The van der Waals surface area contributed by atoms with Crippen molar-refractivity contribution in [2.45, 2.75) is 6.54 Å². The third kappa shape index (κ3) is 2.00. The summed E-state index contributed by atoms with van der Waals surface area (Å²) < 4.78 is 13.4. The minimum atomic E-state index is -0.341. The quantitative estimate of drug-likeness (QED) is 0.824. The highest BCUT2D eigenvalue weighted by molar-refractivity contribution is 6.30. The maximum absolute atomic E-state index is 13.4. The Hall–Kier alpha value is -1.39. The van der Waals surface area contributed by atoms with Gasteiger partial charge in [0.2, 0.25) is 0 Å². The van der Waals surface area contributed by atoms with E-state index in [1.54, 1.807) is 6.07 Å². The monoisotopic (exact) mass is 225 g/mol. The van der Waals surface area contributed by atoms with Crippen molar-refractivity contribution in [3.8, 4) is 11.3 Å². The van der Waals surface area contributed by atoms with E-state index in [2.05, 4.69) is 9.97 Å². The molecule has 3 N–H and O–H groups in total. The second kappa shape index (κ2) is 4.00. The lowest BCUT2D eigenvalue weighted by Gasteiger charge is -2.00. The minimum absolute atomic E-state index is 0.294. The van der Waals surface area contributed by atoms with Gasteiger partial charge in [0.05, 0.1) is 18.4 Å². The summed E-state index contributed by atoms with van der Waals surface area (Å²) in [6.07, 6.45) is 1.54. The SMILES string of the molecule is NCc1ncc(-c2cc(Cl)ccc2F)[nH]1.